The van der Waals surface area contributed by atoms with Crippen molar-refractivity contribution >= 4 is 11.9 Å². The minimum absolute atomic E-state index is 0.0267. The van der Waals surface area contributed by atoms with Crippen molar-refractivity contribution in [1.29, 1.82) is 0 Å². The van der Waals surface area contributed by atoms with Crippen molar-refractivity contribution in [2.24, 2.45) is 11.8 Å². The Labute approximate surface area is 148 Å². The summed E-state index contributed by atoms with van der Waals surface area (Å²) in [7, 11) is 0. The van der Waals surface area contributed by atoms with E-state index in [0.29, 0.717) is 31.3 Å². The fourth-order valence-electron chi connectivity index (χ4n) is 3.81. The maximum atomic E-state index is 12.6. The van der Waals surface area contributed by atoms with Crippen molar-refractivity contribution in [3.05, 3.63) is 42.7 Å². The fraction of sp³-hybridized carbons (Fsp3) is 0.526. The molecule has 0 bridgehead atoms. The lowest BCUT2D eigenvalue weighted by atomic mass is 9.82. The Balaban J connectivity index is 1.60. The summed E-state index contributed by atoms with van der Waals surface area (Å²) in [5.74, 6) is 1.00. The van der Waals surface area contributed by atoms with Crippen molar-refractivity contribution in [2.45, 2.75) is 25.8 Å². The van der Waals surface area contributed by atoms with Crippen LogP contribution in [0.5, 0.6) is 0 Å². The third-order valence-corrected chi connectivity index (χ3v) is 5.23. The molecular formula is C19H26N4O2. The number of fused-ring (bicyclic) bond motifs is 1. The molecule has 0 aliphatic carbocycles. The fourth-order valence-corrected chi connectivity index (χ4v) is 3.81. The van der Waals surface area contributed by atoms with Crippen molar-refractivity contribution < 1.29 is 9.59 Å². The average molecular weight is 342 g/mol. The van der Waals surface area contributed by atoms with Crippen LogP contribution in [0.2, 0.25) is 0 Å². The third-order valence-electron chi connectivity index (χ3n) is 5.23. The smallest absolute Gasteiger partial charge is 0.317 e. The van der Waals surface area contributed by atoms with Crippen LogP contribution >= 0.6 is 0 Å². The highest BCUT2D eigenvalue weighted by molar-refractivity contribution is 5.77. The maximum absolute atomic E-state index is 12.6. The highest BCUT2D eigenvalue weighted by Crippen LogP contribution is 2.32. The summed E-state index contributed by atoms with van der Waals surface area (Å²) in [5.41, 5.74) is 1.06. The topological polar surface area (TPSA) is 65.5 Å². The minimum atomic E-state index is -0.0267. The summed E-state index contributed by atoms with van der Waals surface area (Å²) in [6.45, 7) is 6.94. The molecule has 2 atom stereocenters. The van der Waals surface area contributed by atoms with Crippen molar-refractivity contribution in [3.63, 3.8) is 0 Å². The zero-order valence-corrected chi connectivity index (χ0v) is 14.6. The highest BCUT2D eigenvalue weighted by atomic mass is 16.2. The Morgan fingerprint density at radius 3 is 2.96 bits per heavy atom. The van der Waals surface area contributed by atoms with Crippen LogP contribution in [0.15, 0.2) is 37.2 Å². The highest BCUT2D eigenvalue weighted by Gasteiger charge is 2.36. The molecule has 6 heteroatoms. The number of hydrogen-bond donors (Lipinski definition) is 1. The lowest BCUT2D eigenvalue weighted by Gasteiger charge is -2.37. The van der Waals surface area contributed by atoms with Crippen LogP contribution in [-0.4, -0.2) is 52.9 Å². The molecule has 0 spiro atoms. The van der Waals surface area contributed by atoms with Gasteiger partial charge in [0.2, 0.25) is 5.91 Å². The van der Waals surface area contributed by atoms with Crippen LogP contribution in [0, 0.1) is 11.8 Å². The quantitative estimate of drug-likeness (QED) is 0.852. The van der Waals surface area contributed by atoms with Crippen molar-refractivity contribution in [2.75, 3.05) is 26.2 Å². The second kappa shape index (κ2) is 8.14. The SMILES string of the molecule is C=CCNC(=O)N1CC[C@@H]2CC(=O)N(Cc3cccnc3)CC[C@H]2C1. The van der Waals surface area contributed by atoms with Gasteiger partial charge in [-0.3, -0.25) is 9.78 Å². The summed E-state index contributed by atoms with van der Waals surface area (Å²) < 4.78 is 0. The van der Waals surface area contributed by atoms with Gasteiger partial charge in [-0.2, -0.15) is 0 Å². The van der Waals surface area contributed by atoms with Crippen LogP contribution in [0.4, 0.5) is 4.79 Å². The molecule has 3 heterocycles. The van der Waals surface area contributed by atoms with Gasteiger partial charge in [-0.15, -0.1) is 6.58 Å². The van der Waals surface area contributed by atoms with E-state index in [1.165, 1.54) is 0 Å². The van der Waals surface area contributed by atoms with Gasteiger partial charge >= 0.3 is 6.03 Å². The largest absolute Gasteiger partial charge is 0.338 e. The van der Waals surface area contributed by atoms with Crippen molar-refractivity contribution in [1.82, 2.24) is 20.1 Å². The second-order valence-electron chi connectivity index (χ2n) is 6.90. The number of hydrogen-bond acceptors (Lipinski definition) is 3. The molecule has 2 aliphatic heterocycles. The number of carbonyl (C=O) groups is 2. The molecule has 134 valence electrons. The van der Waals surface area contributed by atoms with Gasteiger partial charge < -0.3 is 15.1 Å². The molecule has 2 saturated heterocycles. The van der Waals surface area contributed by atoms with E-state index in [1.807, 2.05) is 28.1 Å². The maximum Gasteiger partial charge on any atom is 0.317 e. The molecule has 6 nitrogen and oxygen atoms in total. The van der Waals surface area contributed by atoms with Crippen LogP contribution in [0.3, 0.4) is 0 Å². The van der Waals surface area contributed by atoms with Crippen LogP contribution in [-0.2, 0) is 11.3 Å². The predicted molar refractivity (Wildman–Crippen MR) is 95.7 cm³/mol. The summed E-state index contributed by atoms with van der Waals surface area (Å²) in [6.07, 6.45) is 7.68. The van der Waals surface area contributed by atoms with E-state index >= 15 is 0 Å². The Morgan fingerprint density at radius 2 is 2.20 bits per heavy atom. The zero-order chi connectivity index (χ0) is 17.6. The number of nitrogens with one attached hydrogen (secondary N) is 1. The number of piperidine rings is 1. The first-order chi connectivity index (χ1) is 12.2. The molecule has 0 radical (unpaired) electrons. The van der Waals surface area contributed by atoms with E-state index in [9.17, 15) is 9.59 Å². The Morgan fingerprint density at radius 1 is 1.36 bits per heavy atom. The van der Waals surface area contributed by atoms with E-state index in [0.717, 1.165) is 38.0 Å². The first kappa shape index (κ1) is 17.5. The first-order valence-electron chi connectivity index (χ1n) is 8.97. The summed E-state index contributed by atoms with van der Waals surface area (Å²) in [5, 5.41) is 2.85. The average Bonchev–Trinajstić information content (AvgIpc) is 2.79. The predicted octanol–water partition coefficient (Wildman–Crippen LogP) is 2.04. The number of amides is 3. The van der Waals surface area contributed by atoms with Crippen LogP contribution in [0.1, 0.15) is 24.8 Å². The normalized spacial score (nSPS) is 23.6. The van der Waals surface area contributed by atoms with Gasteiger partial charge in [-0.1, -0.05) is 12.1 Å². The molecule has 0 unspecified atom stereocenters. The number of aromatic nitrogens is 1. The molecule has 3 amide bonds. The molecule has 1 N–H and O–H groups in total. The number of likely N-dealkylation sites (tertiary alicyclic amines) is 2. The molecule has 0 saturated carbocycles. The van der Waals surface area contributed by atoms with Gasteiger partial charge in [0.1, 0.15) is 0 Å². The molecule has 1 aromatic heterocycles. The Bertz CT molecular complexity index is 619. The molecule has 3 rings (SSSR count). The monoisotopic (exact) mass is 342 g/mol. The third kappa shape index (κ3) is 4.38. The van der Waals surface area contributed by atoms with E-state index in [2.05, 4.69) is 16.9 Å². The molecule has 2 aliphatic rings. The van der Waals surface area contributed by atoms with Gasteiger partial charge in [0.15, 0.2) is 0 Å². The van der Waals surface area contributed by atoms with Gasteiger partial charge in [-0.05, 0) is 36.3 Å². The van der Waals surface area contributed by atoms with E-state index < -0.39 is 0 Å². The number of pyridine rings is 1. The summed E-state index contributed by atoms with van der Waals surface area (Å²) >= 11 is 0. The van der Waals surface area contributed by atoms with Gasteiger partial charge in [0.05, 0.1) is 0 Å². The zero-order valence-electron chi connectivity index (χ0n) is 14.6. The summed E-state index contributed by atoms with van der Waals surface area (Å²) in [6, 6.07) is 3.88. The minimum Gasteiger partial charge on any atom is -0.338 e. The first-order valence-corrected chi connectivity index (χ1v) is 8.97. The van der Waals surface area contributed by atoms with Crippen LogP contribution < -0.4 is 5.32 Å². The molecule has 0 aromatic carbocycles. The lowest BCUT2D eigenvalue weighted by molar-refractivity contribution is -0.132. The molecular weight excluding hydrogens is 316 g/mol. The van der Waals surface area contributed by atoms with E-state index in [4.69, 9.17) is 0 Å². The number of carbonyl (C=O) groups excluding carboxylic acids is 2. The van der Waals surface area contributed by atoms with Gasteiger partial charge in [-0.25, -0.2) is 4.79 Å². The second-order valence-corrected chi connectivity index (χ2v) is 6.90. The van der Waals surface area contributed by atoms with Gasteiger partial charge in [0, 0.05) is 51.5 Å². The molecule has 1 aromatic rings. The number of urea groups is 1. The lowest BCUT2D eigenvalue weighted by Crippen LogP contribution is -2.48. The van der Waals surface area contributed by atoms with Crippen molar-refractivity contribution in [3.8, 4) is 0 Å². The molecule has 25 heavy (non-hydrogen) atoms. The number of rotatable bonds is 4. The number of nitrogens with zero attached hydrogens (tertiary/aromatic N) is 3. The van der Waals surface area contributed by atoms with Gasteiger partial charge in [0.25, 0.3) is 0 Å². The molecule has 2 fully saturated rings. The standard InChI is InChI=1S/C19H26N4O2/c1-2-7-21-19(25)23-10-5-16-11-18(24)22(9-6-17(16)14-23)13-15-4-3-8-20-12-15/h2-4,8,12,16-17H,1,5-7,9-11,13-14H2,(H,21,25)/t16-,17+/m1/s1. The van der Waals surface area contributed by atoms with E-state index in [1.54, 1.807) is 12.3 Å². The Hall–Kier alpha value is -2.37. The Kier molecular flexibility index (Phi) is 5.68. The summed E-state index contributed by atoms with van der Waals surface area (Å²) in [4.78, 5) is 32.8. The van der Waals surface area contributed by atoms with E-state index in [-0.39, 0.29) is 11.9 Å². The van der Waals surface area contributed by atoms with Crippen LogP contribution in [0.25, 0.3) is 0 Å².